The van der Waals surface area contributed by atoms with E-state index in [9.17, 15) is 4.79 Å². The fourth-order valence-corrected chi connectivity index (χ4v) is 1.69. The molecule has 0 spiro atoms. The summed E-state index contributed by atoms with van der Waals surface area (Å²) >= 11 is 1.41. The van der Waals surface area contributed by atoms with Crippen LogP contribution in [0.25, 0.3) is 0 Å². The number of amides is 1. The topological polar surface area (TPSA) is 67.8 Å². The summed E-state index contributed by atoms with van der Waals surface area (Å²) in [5.74, 6) is 0.273. The van der Waals surface area contributed by atoms with E-state index in [1.54, 1.807) is 6.08 Å². The Bertz CT molecular complexity index is 305. The van der Waals surface area contributed by atoms with Gasteiger partial charge in [0, 0.05) is 6.08 Å². The van der Waals surface area contributed by atoms with Crippen LogP contribution >= 0.6 is 11.8 Å². The van der Waals surface area contributed by atoms with Gasteiger partial charge in [0.05, 0.1) is 5.25 Å². The third-order valence-electron chi connectivity index (χ3n) is 1.37. The first-order chi connectivity index (χ1) is 5.25. The van der Waals surface area contributed by atoms with Crippen LogP contribution in [0.1, 0.15) is 0 Å². The van der Waals surface area contributed by atoms with Crippen LogP contribution in [-0.2, 0) is 4.79 Å². The number of carbonyl (C=O) groups is 1. The Kier molecular flexibility index (Phi) is 1.32. The summed E-state index contributed by atoms with van der Waals surface area (Å²) in [5.41, 5.74) is 5.43. The molecule has 4 nitrogen and oxygen atoms in total. The van der Waals surface area contributed by atoms with Crippen LogP contribution in [0, 0.1) is 0 Å². The zero-order chi connectivity index (χ0) is 7.84. The smallest absolute Gasteiger partial charge is 0.271 e. The van der Waals surface area contributed by atoms with Gasteiger partial charge in [-0.3, -0.25) is 4.79 Å². The maximum Gasteiger partial charge on any atom is 0.271 e. The second kappa shape index (κ2) is 2.20. The van der Waals surface area contributed by atoms with E-state index in [1.165, 1.54) is 17.8 Å². The molecule has 0 aromatic heterocycles. The van der Waals surface area contributed by atoms with E-state index in [1.807, 2.05) is 0 Å². The molecule has 2 heterocycles. The summed E-state index contributed by atoms with van der Waals surface area (Å²) in [5, 5.41) is 0.542. The highest BCUT2D eigenvalue weighted by Gasteiger charge is 2.25. The van der Waals surface area contributed by atoms with Crippen LogP contribution in [0.3, 0.4) is 0 Å². The fraction of sp³-hybridized carbons (Fsp3) is 0.167. The number of hydrogen-bond donors (Lipinski definition) is 1. The van der Waals surface area contributed by atoms with E-state index in [4.69, 9.17) is 5.73 Å². The molecule has 0 radical (unpaired) electrons. The van der Waals surface area contributed by atoms with Crippen molar-refractivity contribution in [3.8, 4) is 0 Å². The Hall–Kier alpha value is -1.10. The Morgan fingerprint density at radius 2 is 2.36 bits per heavy atom. The number of hydrogen-bond acceptors (Lipinski definition) is 4. The molecule has 0 bridgehead atoms. The third kappa shape index (κ3) is 1.07. The predicted octanol–water partition coefficient (Wildman–Crippen LogP) is -0.0886. The first-order valence-electron chi connectivity index (χ1n) is 3.07. The Morgan fingerprint density at radius 3 is 3.18 bits per heavy atom. The molecule has 2 aliphatic rings. The molecule has 0 aromatic carbocycles. The first-order valence-corrected chi connectivity index (χ1v) is 3.95. The largest absolute Gasteiger partial charge is 0.378 e. The maximum absolute atomic E-state index is 10.7. The normalized spacial score (nSPS) is 28.0. The minimum atomic E-state index is -0.254. The van der Waals surface area contributed by atoms with Gasteiger partial charge in [0.15, 0.2) is 11.0 Å². The fourth-order valence-electron chi connectivity index (χ4n) is 0.920. The standard InChI is InChI=1S/C6H5N3OS/c7-6-9-5-3(11-6)1-2-4(10)8-5/h1-3H,(H2,7,8,9,10). The molecule has 2 N–H and O–H groups in total. The van der Waals surface area contributed by atoms with E-state index in [2.05, 4.69) is 9.98 Å². The number of dihydropyridines is 1. The minimum Gasteiger partial charge on any atom is -0.378 e. The van der Waals surface area contributed by atoms with Gasteiger partial charge in [0.25, 0.3) is 5.91 Å². The van der Waals surface area contributed by atoms with Crippen molar-refractivity contribution in [2.75, 3.05) is 0 Å². The second-order valence-corrected chi connectivity index (χ2v) is 3.32. The van der Waals surface area contributed by atoms with E-state index in [0.29, 0.717) is 11.0 Å². The van der Waals surface area contributed by atoms with Crippen LogP contribution in [0.2, 0.25) is 0 Å². The highest BCUT2D eigenvalue weighted by atomic mass is 32.2. The van der Waals surface area contributed by atoms with Crippen molar-refractivity contribution in [2.24, 2.45) is 15.7 Å². The number of thioether (sulfide) groups is 1. The number of fused-ring (bicyclic) bond motifs is 1. The zero-order valence-electron chi connectivity index (χ0n) is 5.52. The van der Waals surface area contributed by atoms with Gasteiger partial charge in [-0.05, 0) is 0 Å². The maximum atomic E-state index is 10.7. The molecule has 0 aliphatic carbocycles. The van der Waals surface area contributed by atoms with Crippen LogP contribution < -0.4 is 5.73 Å². The number of nitrogens with zero attached hydrogens (tertiary/aromatic N) is 2. The Morgan fingerprint density at radius 1 is 1.55 bits per heavy atom. The molecule has 5 heteroatoms. The molecule has 11 heavy (non-hydrogen) atoms. The van der Waals surface area contributed by atoms with Gasteiger partial charge in [-0.15, -0.1) is 0 Å². The molecular weight excluding hydrogens is 162 g/mol. The van der Waals surface area contributed by atoms with Crippen molar-refractivity contribution in [3.05, 3.63) is 12.2 Å². The van der Waals surface area contributed by atoms with Crippen LogP contribution in [0.4, 0.5) is 0 Å². The molecule has 0 aromatic rings. The number of carbonyl (C=O) groups excluding carboxylic acids is 1. The molecule has 56 valence electrons. The van der Waals surface area contributed by atoms with Gasteiger partial charge < -0.3 is 5.73 Å². The van der Waals surface area contributed by atoms with E-state index in [0.717, 1.165) is 0 Å². The lowest BCUT2D eigenvalue weighted by atomic mass is 10.3. The molecule has 0 fully saturated rings. The van der Waals surface area contributed by atoms with Gasteiger partial charge >= 0.3 is 0 Å². The first kappa shape index (κ1) is 6.60. The molecule has 2 aliphatic heterocycles. The molecule has 1 atom stereocenters. The van der Waals surface area contributed by atoms with Crippen molar-refractivity contribution < 1.29 is 4.79 Å². The molecule has 0 saturated carbocycles. The molecule has 1 unspecified atom stereocenters. The number of nitrogens with two attached hydrogens (primary N) is 1. The lowest BCUT2D eigenvalue weighted by molar-refractivity contribution is -0.113. The number of aliphatic imine (C=N–C) groups is 2. The summed E-state index contributed by atoms with van der Waals surface area (Å²) in [7, 11) is 0. The van der Waals surface area contributed by atoms with E-state index in [-0.39, 0.29) is 11.2 Å². The molecule has 1 amide bonds. The van der Waals surface area contributed by atoms with Gasteiger partial charge in [-0.25, -0.2) is 4.99 Å². The molecule has 2 rings (SSSR count). The van der Waals surface area contributed by atoms with Crippen molar-refractivity contribution in [1.29, 1.82) is 0 Å². The summed E-state index contributed by atoms with van der Waals surface area (Å²) in [6, 6.07) is 0. The SMILES string of the molecule is NC1=NC2=NC(=O)C=CC2S1. The van der Waals surface area contributed by atoms with Gasteiger partial charge in [-0.2, -0.15) is 4.99 Å². The van der Waals surface area contributed by atoms with Crippen LogP contribution in [0.15, 0.2) is 22.1 Å². The zero-order valence-corrected chi connectivity index (χ0v) is 6.34. The summed E-state index contributed by atoms with van der Waals surface area (Å²) < 4.78 is 0. The monoisotopic (exact) mass is 167 g/mol. The average Bonchev–Trinajstić information content (AvgIpc) is 2.27. The second-order valence-electron chi connectivity index (χ2n) is 2.16. The van der Waals surface area contributed by atoms with Gasteiger partial charge in [0.1, 0.15) is 0 Å². The van der Waals surface area contributed by atoms with Gasteiger partial charge in [-0.1, -0.05) is 17.8 Å². The number of rotatable bonds is 0. The predicted molar refractivity (Wildman–Crippen MR) is 44.6 cm³/mol. The summed E-state index contributed by atoms with van der Waals surface area (Å²) in [6.07, 6.45) is 3.20. The highest BCUT2D eigenvalue weighted by molar-refractivity contribution is 8.15. The Balaban J connectivity index is 2.36. The van der Waals surface area contributed by atoms with Crippen LogP contribution in [-0.4, -0.2) is 22.2 Å². The Labute approximate surface area is 67.3 Å². The van der Waals surface area contributed by atoms with Crippen LogP contribution in [0.5, 0.6) is 0 Å². The quantitative estimate of drug-likeness (QED) is 0.548. The lowest BCUT2D eigenvalue weighted by Crippen LogP contribution is -2.14. The van der Waals surface area contributed by atoms with E-state index >= 15 is 0 Å². The lowest BCUT2D eigenvalue weighted by Gasteiger charge is -2.04. The summed E-state index contributed by atoms with van der Waals surface area (Å²) in [4.78, 5) is 18.3. The average molecular weight is 167 g/mol. The van der Waals surface area contributed by atoms with Crippen molar-refractivity contribution in [3.63, 3.8) is 0 Å². The third-order valence-corrected chi connectivity index (χ3v) is 2.32. The minimum absolute atomic E-state index is 0.0627. The molecule has 0 saturated heterocycles. The van der Waals surface area contributed by atoms with Gasteiger partial charge in [0.2, 0.25) is 0 Å². The molecular formula is C6H5N3OS. The van der Waals surface area contributed by atoms with Crippen molar-refractivity contribution in [2.45, 2.75) is 5.25 Å². The highest BCUT2D eigenvalue weighted by Crippen LogP contribution is 2.24. The summed E-state index contributed by atoms with van der Waals surface area (Å²) in [6.45, 7) is 0. The van der Waals surface area contributed by atoms with Crippen molar-refractivity contribution >= 4 is 28.7 Å². The van der Waals surface area contributed by atoms with E-state index < -0.39 is 0 Å². The number of amidine groups is 2. The van der Waals surface area contributed by atoms with Crippen molar-refractivity contribution in [1.82, 2.24) is 0 Å².